The maximum atomic E-state index is 9.76. The van der Waals surface area contributed by atoms with E-state index in [1.54, 1.807) is 6.07 Å². The zero-order valence-corrected chi connectivity index (χ0v) is 13.3. The molecule has 0 bridgehead atoms. The minimum absolute atomic E-state index is 0.317. The van der Waals surface area contributed by atoms with Gasteiger partial charge in [0.25, 0.3) is 0 Å². The summed E-state index contributed by atoms with van der Waals surface area (Å²) >= 11 is 0. The molecule has 4 heteroatoms. The van der Waals surface area contributed by atoms with Crippen molar-refractivity contribution in [3.05, 3.63) is 52.6 Å². The molecular weight excluding hydrogens is 290 g/mol. The Morgan fingerprint density at radius 2 is 1.78 bits per heavy atom. The van der Waals surface area contributed by atoms with Crippen LogP contribution in [0.4, 0.5) is 0 Å². The first-order chi connectivity index (χ1) is 11.2. The molecular formula is C19H21NO3. The van der Waals surface area contributed by atoms with Crippen LogP contribution >= 0.6 is 0 Å². The van der Waals surface area contributed by atoms with E-state index in [1.165, 1.54) is 22.3 Å². The SMILES string of the molecule is CN1CCc2cc(O)ccc2CCc2ccc3c(c2C1)OCO3. The van der Waals surface area contributed by atoms with Gasteiger partial charge in [-0.1, -0.05) is 12.1 Å². The van der Waals surface area contributed by atoms with Crippen molar-refractivity contribution < 1.29 is 14.6 Å². The van der Waals surface area contributed by atoms with E-state index in [0.29, 0.717) is 12.5 Å². The van der Waals surface area contributed by atoms with Gasteiger partial charge in [-0.2, -0.15) is 0 Å². The van der Waals surface area contributed by atoms with Crippen molar-refractivity contribution in [3.8, 4) is 17.2 Å². The topological polar surface area (TPSA) is 41.9 Å². The molecule has 2 aromatic rings. The number of hydrogen-bond donors (Lipinski definition) is 1. The summed E-state index contributed by atoms with van der Waals surface area (Å²) < 4.78 is 11.2. The molecule has 4 rings (SSSR count). The summed E-state index contributed by atoms with van der Waals surface area (Å²) in [6, 6.07) is 9.93. The first kappa shape index (κ1) is 14.4. The molecule has 2 aromatic carbocycles. The van der Waals surface area contributed by atoms with E-state index in [-0.39, 0.29) is 0 Å². The molecule has 0 fully saturated rings. The van der Waals surface area contributed by atoms with Crippen LogP contribution < -0.4 is 9.47 Å². The van der Waals surface area contributed by atoms with Crippen LogP contribution in [-0.4, -0.2) is 30.4 Å². The summed E-state index contributed by atoms with van der Waals surface area (Å²) in [6.07, 6.45) is 2.89. The first-order valence-corrected chi connectivity index (χ1v) is 8.10. The van der Waals surface area contributed by atoms with Gasteiger partial charge in [0.1, 0.15) is 5.75 Å². The Kier molecular flexibility index (Phi) is 3.62. The molecule has 0 saturated carbocycles. The van der Waals surface area contributed by atoms with Crippen LogP contribution in [0.25, 0.3) is 0 Å². The van der Waals surface area contributed by atoms with E-state index in [1.807, 2.05) is 12.1 Å². The highest BCUT2D eigenvalue weighted by molar-refractivity contribution is 5.52. The number of likely N-dealkylation sites (N-methyl/N-ethyl adjacent to an activating group) is 1. The predicted molar refractivity (Wildman–Crippen MR) is 88.1 cm³/mol. The normalized spacial score (nSPS) is 17.4. The van der Waals surface area contributed by atoms with Crippen molar-refractivity contribution in [3.63, 3.8) is 0 Å². The molecule has 120 valence electrons. The zero-order valence-electron chi connectivity index (χ0n) is 13.3. The van der Waals surface area contributed by atoms with Gasteiger partial charge in [0.05, 0.1) is 0 Å². The van der Waals surface area contributed by atoms with Crippen LogP contribution in [0.15, 0.2) is 30.3 Å². The first-order valence-electron chi connectivity index (χ1n) is 8.10. The second-order valence-corrected chi connectivity index (χ2v) is 6.38. The van der Waals surface area contributed by atoms with Crippen molar-refractivity contribution in [1.29, 1.82) is 0 Å². The number of aromatic hydroxyl groups is 1. The third kappa shape index (κ3) is 2.75. The molecule has 23 heavy (non-hydrogen) atoms. The lowest BCUT2D eigenvalue weighted by atomic mass is 9.93. The van der Waals surface area contributed by atoms with Gasteiger partial charge in [0.2, 0.25) is 6.79 Å². The fourth-order valence-electron chi connectivity index (χ4n) is 3.50. The van der Waals surface area contributed by atoms with Crippen molar-refractivity contribution in [2.75, 3.05) is 20.4 Å². The van der Waals surface area contributed by atoms with Gasteiger partial charge in [-0.3, -0.25) is 0 Å². The molecule has 0 saturated heterocycles. The summed E-state index contributed by atoms with van der Waals surface area (Å²) in [6.45, 7) is 2.12. The summed E-state index contributed by atoms with van der Waals surface area (Å²) in [7, 11) is 2.13. The van der Waals surface area contributed by atoms with Crippen LogP contribution in [0.3, 0.4) is 0 Å². The van der Waals surface area contributed by atoms with E-state index in [0.717, 1.165) is 43.9 Å². The third-order valence-electron chi connectivity index (χ3n) is 4.78. The van der Waals surface area contributed by atoms with E-state index in [2.05, 4.69) is 24.1 Å². The van der Waals surface area contributed by atoms with E-state index < -0.39 is 0 Å². The lowest BCUT2D eigenvalue weighted by Gasteiger charge is -2.23. The molecule has 0 aromatic heterocycles. The van der Waals surface area contributed by atoms with Crippen molar-refractivity contribution in [2.45, 2.75) is 25.8 Å². The van der Waals surface area contributed by atoms with Crippen LogP contribution in [0, 0.1) is 0 Å². The van der Waals surface area contributed by atoms with Crippen LogP contribution in [0.1, 0.15) is 22.3 Å². The van der Waals surface area contributed by atoms with Gasteiger partial charge >= 0.3 is 0 Å². The zero-order chi connectivity index (χ0) is 15.8. The lowest BCUT2D eigenvalue weighted by Crippen LogP contribution is -2.23. The van der Waals surface area contributed by atoms with Crippen molar-refractivity contribution in [2.24, 2.45) is 0 Å². The molecule has 0 amide bonds. The summed E-state index contributed by atoms with van der Waals surface area (Å²) in [4.78, 5) is 2.31. The fourth-order valence-corrected chi connectivity index (χ4v) is 3.50. The van der Waals surface area contributed by atoms with Gasteiger partial charge < -0.3 is 19.5 Å². The van der Waals surface area contributed by atoms with E-state index in [9.17, 15) is 5.11 Å². The Bertz CT molecular complexity index is 742. The quantitative estimate of drug-likeness (QED) is 0.812. The number of benzene rings is 2. The predicted octanol–water partition coefficient (Wildman–Crippen LogP) is 2.89. The summed E-state index contributed by atoms with van der Waals surface area (Å²) in [5, 5.41) is 9.76. The number of aryl methyl sites for hydroxylation is 2. The van der Waals surface area contributed by atoms with E-state index in [4.69, 9.17) is 9.47 Å². The highest BCUT2D eigenvalue weighted by atomic mass is 16.7. The number of nitrogens with zero attached hydrogens (tertiary/aromatic N) is 1. The minimum atomic E-state index is 0.317. The number of ether oxygens (including phenoxy) is 2. The van der Waals surface area contributed by atoms with Gasteiger partial charge in [-0.25, -0.2) is 0 Å². The maximum absolute atomic E-state index is 9.76. The molecule has 0 spiro atoms. The number of fused-ring (bicyclic) bond motifs is 4. The van der Waals surface area contributed by atoms with Crippen LogP contribution in [0.2, 0.25) is 0 Å². The highest BCUT2D eigenvalue weighted by Gasteiger charge is 2.22. The third-order valence-corrected chi connectivity index (χ3v) is 4.78. The van der Waals surface area contributed by atoms with Crippen LogP contribution in [-0.2, 0) is 25.8 Å². The van der Waals surface area contributed by atoms with Gasteiger partial charge in [0, 0.05) is 18.7 Å². The molecule has 4 nitrogen and oxygen atoms in total. The van der Waals surface area contributed by atoms with Crippen molar-refractivity contribution in [1.82, 2.24) is 4.90 Å². The Morgan fingerprint density at radius 3 is 2.70 bits per heavy atom. The molecule has 0 radical (unpaired) electrons. The standard InChI is InChI=1S/C19H21NO3/c1-20-9-8-15-10-16(21)6-4-13(15)2-3-14-5-7-18-19(17(14)11-20)23-12-22-18/h4-7,10,21H,2-3,8-9,11-12H2,1H3. The second-order valence-electron chi connectivity index (χ2n) is 6.38. The average Bonchev–Trinajstić information content (AvgIpc) is 3.02. The molecule has 0 aliphatic carbocycles. The van der Waals surface area contributed by atoms with Crippen LogP contribution in [0.5, 0.6) is 17.2 Å². The number of rotatable bonds is 0. The summed E-state index contributed by atoms with van der Waals surface area (Å²) in [5.74, 6) is 2.13. The highest BCUT2D eigenvalue weighted by Crippen LogP contribution is 2.39. The molecule has 0 unspecified atom stereocenters. The Balaban J connectivity index is 1.73. The minimum Gasteiger partial charge on any atom is -0.508 e. The smallest absolute Gasteiger partial charge is 0.231 e. The number of hydrogen-bond acceptors (Lipinski definition) is 4. The molecule has 2 aliphatic heterocycles. The molecule has 2 heterocycles. The molecule has 1 N–H and O–H groups in total. The van der Waals surface area contributed by atoms with Gasteiger partial charge in [-0.05, 0) is 61.2 Å². The molecule has 2 aliphatic rings. The monoisotopic (exact) mass is 311 g/mol. The van der Waals surface area contributed by atoms with Gasteiger partial charge in [-0.15, -0.1) is 0 Å². The Labute approximate surface area is 136 Å². The van der Waals surface area contributed by atoms with Gasteiger partial charge in [0.15, 0.2) is 11.5 Å². The second kappa shape index (κ2) is 5.78. The average molecular weight is 311 g/mol. The maximum Gasteiger partial charge on any atom is 0.231 e. The largest absolute Gasteiger partial charge is 0.508 e. The fraction of sp³-hybridized carbons (Fsp3) is 0.368. The number of phenols is 1. The molecule has 0 atom stereocenters. The Morgan fingerprint density at radius 1 is 0.957 bits per heavy atom. The summed E-state index contributed by atoms with van der Waals surface area (Å²) in [5.41, 5.74) is 5.15. The lowest BCUT2D eigenvalue weighted by molar-refractivity contribution is 0.172. The van der Waals surface area contributed by atoms with Crippen molar-refractivity contribution >= 4 is 0 Å². The van der Waals surface area contributed by atoms with E-state index >= 15 is 0 Å². The Hall–Kier alpha value is -2.20. The number of phenolic OH excluding ortho intramolecular Hbond substituents is 1.